The Hall–Kier alpha value is -3.29. The van der Waals surface area contributed by atoms with Crippen LogP contribution in [0.5, 0.6) is 0 Å². The molecule has 0 radical (unpaired) electrons. The maximum absolute atomic E-state index is 12.2. The molecule has 4 N–H and O–H groups in total. The molecule has 0 spiro atoms. The average molecular weight is 390 g/mol. The molecule has 2 aromatic carbocycles. The monoisotopic (exact) mass is 390 g/mol. The third-order valence-electron chi connectivity index (χ3n) is 4.88. The second-order valence-electron chi connectivity index (χ2n) is 6.99. The summed E-state index contributed by atoms with van der Waals surface area (Å²) < 4.78 is 5.37. The van der Waals surface area contributed by atoms with Gasteiger partial charge in [0.15, 0.2) is 0 Å². The van der Waals surface area contributed by atoms with Crippen molar-refractivity contribution in [2.75, 3.05) is 25.1 Å². The first kappa shape index (κ1) is 19.0. The number of primary amides is 1. The number of hydrogen-bond acceptors (Lipinski definition) is 5. The highest BCUT2D eigenvalue weighted by Gasteiger charge is 2.17. The quantitative estimate of drug-likeness (QED) is 0.620. The molecule has 0 saturated carbocycles. The molecule has 1 aromatic heterocycles. The first-order valence-corrected chi connectivity index (χ1v) is 9.51. The van der Waals surface area contributed by atoms with Crippen LogP contribution in [0, 0.1) is 0 Å². The van der Waals surface area contributed by atoms with Gasteiger partial charge in [-0.25, -0.2) is 4.98 Å². The Bertz CT molecular complexity index is 1040. The number of hydrogen-bond donors (Lipinski definition) is 3. The van der Waals surface area contributed by atoms with E-state index < -0.39 is 5.91 Å². The van der Waals surface area contributed by atoms with Gasteiger partial charge in [0.1, 0.15) is 0 Å². The van der Waals surface area contributed by atoms with E-state index in [1.54, 1.807) is 6.07 Å². The lowest BCUT2D eigenvalue weighted by Crippen LogP contribution is -2.43. The summed E-state index contributed by atoms with van der Waals surface area (Å²) in [5, 5.41) is 6.89. The summed E-state index contributed by atoms with van der Waals surface area (Å²) in [6, 6.07) is 16.5. The van der Waals surface area contributed by atoms with Crippen molar-refractivity contribution < 1.29 is 14.3 Å². The molecule has 7 nitrogen and oxygen atoms in total. The number of aromatic nitrogens is 1. The van der Waals surface area contributed by atoms with Gasteiger partial charge in [0.05, 0.1) is 30.0 Å². The minimum Gasteiger partial charge on any atom is -0.378 e. The molecule has 1 aliphatic heterocycles. The smallest absolute Gasteiger partial charge is 0.249 e. The van der Waals surface area contributed by atoms with Crippen molar-refractivity contribution >= 4 is 28.4 Å². The molecule has 1 fully saturated rings. The van der Waals surface area contributed by atoms with Crippen molar-refractivity contribution in [2.24, 2.45) is 5.73 Å². The van der Waals surface area contributed by atoms with Crippen LogP contribution in [0.1, 0.15) is 16.8 Å². The summed E-state index contributed by atoms with van der Waals surface area (Å²) in [7, 11) is 0. The zero-order chi connectivity index (χ0) is 20.2. The third-order valence-corrected chi connectivity index (χ3v) is 4.88. The number of amides is 2. The van der Waals surface area contributed by atoms with Crippen LogP contribution in [0.25, 0.3) is 22.2 Å². The fourth-order valence-electron chi connectivity index (χ4n) is 3.44. The normalized spacial score (nSPS) is 16.5. The number of benzene rings is 2. The molecule has 29 heavy (non-hydrogen) atoms. The largest absolute Gasteiger partial charge is 0.378 e. The highest BCUT2D eigenvalue weighted by atomic mass is 16.5. The van der Waals surface area contributed by atoms with Gasteiger partial charge in [-0.2, -0.15) is 0 Å². The first-order valence-electron chi connectivity index (χ1n) is 9.51. The van der Waals surface area contributed by atoms with Crippen molar-refractivity contribution in [3.63, 3.8) is 0 Å². The van der Waals surface area contributed by atoms with Crippen molar-refractivity contribution in [3.05, 3.63) is 60.2 Å². The summed E-state index contributed by atoms with van der Waals surface area (Å²) in [6.07, 6.45) is 0.357. The minimum atomic E-state index is -0.492. The third kappa shape index (κ3) is 4.42. The fourth-order valence-corrected chi connectivity index (χ4v) is 3.44. The number of nitrogens with two attached hydrogens (primary N) is 1. The predicted octanol–water partition coefficient (Wildman–Crippen LogP) is 2.32. The number of nitrogens with one attached hydrogen (secondary N) is 2. The van der Waals surface area contributed by atoms with Gasteiger partial charge < -0.3 is 21.1 Å². The van der Waals surface area contributed by atoms with Gasteiger partial charge in [-0.05, 0) is 24.3 Å². The van der Waals surface area contributed by atoms with Crippen LogP contribution >= 0.6 is 0 Å². The number of anilines is 1. The van der Waals surface area contributed by atoms with Crippen LogP contribution in [-0.4, -0.2) is 42.6 Å². The Balaban J connectivity index is 1.52. The summed E-state index contributed by atoms with van der Waals surface area (Å²) in [5.74, 6) is -0.561. The fraction of sp³-hybridized carbons (Fsp3) is 0.227. The van der Waals surface area contributed by atoms with Crippen molar-refractivity contribution in [1.29, 1.82) is 0 Å². The molecule has 7 heteroatoms. The number of carbonyl (C=O) groups excluding carboxylic acids is 2. The molecule has 1 atom stereocenters. The molecular formula is C22H22N4O3. The molecule has 4 rings (SSSR count). The lowest BCUT2D eigenvalue weighted by atomic mass is 10.0. The molecule has 1 aliphatic rings. The van der Waals surface area contributed by atoms with Gasteiger partial charge in [-0.1, -0.05) is 30.3 Å². The lowest BCUT2D eigenvalue weighted by molar-refractivity contribution is -0.117. The molecule has 1 unspecified atom stereocenters. The number of fused-ring (bicyclic) bond motifs is 1. The maximum Gasteiger partial charge on any atom is 0.249 e. The van der Waals surface area contributed by atoms with Crippen LogP contribution < -0.4 is 16.4 Å². The Morgan fingerprint density at radius 3 is 2.69 bits per heavy atom. The molecule has 0 aliphatic carbocycles. The van der Waals surface area contributed by atoms with E-state index in [9.17, 15) is 9.59 Å². The SMILES string of the molecule is NC(=O)c1cc(-c2ccc(NC(=O)CC3COCCN3)cc2)nc2ccccc12. The zero-order valence-electron chi connectivity index (χ0n) is 15.9. The van der Waals surface area contributed by atoms with E-state index in [2.05, 4.69) is 15.6 Å². The Morgan fingerprint density at radius 1 is 1.17 bits per heavy atom. The van der Waals surface area contributed by atoms with Gasteiger partial charge in [0.2, 0.25) is 11.8 Å². The van der Waals surface area contributed by atoms with E-state index in [-0.39, 0.29) is 11.9 Å². The molecule has 0 bridgehead atoms. The number of rotatable bonds is 5. The lowest BCUT2D eigenvalue weighted by Gasteiger charge is -2.23. The summed E-state index contributed by atoms with van der Waals surface area (Å²) >= 11 is 0. The summed E-state index contributed by atoms with van der Waals surface area (Å²) in [4.78, 5) is 28.7. The van der Waals surface area contributed by atoms with Crippen LogP contribution in [0.2, 0.25) is 0 Å². The number of para-hydroxylation sites is 1. The zero-order valence-corrected chi connectivity index (χ0v) is 15.9. The van der Waals surface area contributed by atoms with Crippen molar-refractivity contribution in [1.82, 2.24) is 10.3 Å². The minimum absolute atomic E-state index is 0.0389. The van der Waals surface area contributed by atoms with E-state index in [1.165, 1.54) is 0 Å². The second-order valence-corrected chi connectivity index (χ2v) is 6.99. The maximum atomic E-state index is 12.2. The summed E-state index contributed by atoms with van der Waals surface area (Å²) in [5.41, 5.74) is 8.88. The second kappa shape index (κ2) is 8.38. The predicted molar refractivity (Wildman–Crippen MR) is 112 cm³/mol. The van der Waals surface area contributed by atoms with Crippen LogP contribution in [0.4, 0.5) is 5.69 Å². The van der Waals surface area contributed by atoms with Gasteiger partial charge in [-0.3, -0.25) is 9.59 Å². The van der Waals surface area contributed by atoms with E-state index in [4.69, 9.17) is 10.5 Å². The Labute approximate surface area is 168 Å². The number of nitrogens with zero attached hydrogens (tertiary/aromatic N) is 1. The van der Waals surface area contributed by atoms with Gasteiger partial charge in [-0.15, -0.1) is 0 Å². The van der Waals surface area contributed by atoms with Crippen LogP contribution in [0.15, 0.2) is 54.6 Å². The molecule has 2 amide bonds. The molecule has 2 heterocycles. The number of morpholine rings is 1. The van der Waals surface area contributed by atoms with Crippen molar-refractivity contribution in [2.45, 2.75) is 12.5 Å². The van der Waals surface area contributed by atoms with E-state index >= 15 is 0 Å². The van der Waals surface area contributed by atoms with E-state index in [1.807, 2.05) is 48.5 Å². The highest BCUT2D eigenvalue weighted by Crippen LogP contribution is 2.25. The van der Waals surface area contributed by atoms with Crippen LogP contribution in [0.3, 0.4) is 0 Å². The van der Waals surface area contributed by atoms with Crippen molar-refractivity contribution in [3.8, 4) is 11.3 Å². The molecule has 3 aromatic rings. The summed E-state index contributed by atoms with van der Waals surface area (Å²) in [6.45, 7) is 1.99. The van der Waals surface area contributed by atoms with E-state index in [0.29, 0.717) is 42.1 Å². The molecule has 148 valence electrons. The van der Waals surface area contributed by atoms with Crippen LogP contribution in [-0.2, 0) is 9.53 Å². The standard InChI is InChI=1S/C22H22N4O3/c23-22(28)18-12-20(26-19-4-2-1-3-17(18)19)14-5-7-15(8-6-14)25-21(27)11-16-13-29-10-9-24-16/h1-8,12,16,24H,9-11,13H2,(H2,23,28)(H,25,27). The average Bonchev–Trinajstić information content (AvgIpc) is 2.74. The first-order chi connectivity index (χ1) is 14.1. The number of ether oxygens (including phenoxy) is 1. The highest BCUT2D eigenvalue weighted by molar-refractivity contribution is 6.06. The Kier molecular flexibility index (Phi) is 5.50. The van der Waals surface area contributed by atoms with Gasteiger partial charge in [0.25, 0.3) is 0 Å². The number of pyridine rings is 1. The van der Waals surface area contributed by atoms with E-state index in [0.717, 1.165) is 17.5 Å². The Morgan fingerprint density at radius 2 is 1.97 bits per heavy atom. The topological polar surface area (TPSA) is 106 Å². The molecular weight excluding hydrogens is 368 g/mol. The molecule has 1 saturated heterocycles. The van der Waals surface area contributed by atoms with Gasteiger partial charge >= 0.3 is 0 Å². The van der Waals surface area contributed by atoms with Gasteiger partial charge in [0, 0.05) is 35.6 Å². The number of carbonyl (C=O) groups is 2.